The van der Waals surface area contributed by atoms with Gasteiger partial charge in [0.1, 0.15) is 6.61 Å². The van der Waals surface area contributed by atoms with Crippen LogP contribution in [-0.4, -0.2) is 39.3 Å². The molecule has 1 atom stereocenters. The number of para-hydroxylation sites is 2. The van der Waals surface area contributed by atoms with E-state index in [1.165, 1.54) is 30.5 Å². The van der Waals surface area contributed by atoms with Crippen molar-refractivity contribution in [3.63, 3.8) is 0 Å². The summed E-state index contributed by atoms with van der Waals surface area (Å²) in [7, 11) is 2.02. The fourth-order valence-corrected chi connectivity index (χ4v) is 4.92. The van der Waals surface area contributed by atoms with Gasteiger partial charge in [0, 0.05) is 18.8 Å². The first kappa shape index (κ1) is 17.6. The SMILES string of the molecule is Cn1nc(CN(C(=O)C2COc3ccccc3O2)C2CCCC2)c2c1CCC2. The Morgan fingerprint density at radius 1 is 1.18 bits per heavy atom. The monoisotopic (exact) mass is 381 g/mol. The summed E-state index contributed by atoms with van der Waals surface area (Å²) in [6, 6.07) is 7.83. The predicted octanol–water partition coefficient (Wildman–Crippen LogP) is 3.02. The fourth-order valence-electron chi connectivity index (χ4n) is 4.92. The lowest BCUT2D eigenvalue weighted by Crippen LogP contribution is -2.49. The number of nitrogens with zero attached hydrogens (tertiary/aromatic N) is 3. The third-order valence-electron chi connectivity index (χ3n) is 6.35. The van der Waals surface area contributed by atoms with Crippen molar-refractivity contribution in [2.45, 2.75) is 63.6 Å². The van der Waals surface area contributed by atoms with Gasteiger partial charge >= 0.3 is 0 Å². The number of aromatic nitrogens is 2. The first-order valence-corrected chi connectivity index (χ1v) is 10.4. The molecule has 0 spiro atoms. The highest BCUT2D eigenvalue weighted by molar-refractivity contribution is 5.82. The molecule has 2 heterocycles. The Morgan fingerprint density at radius 3 is 2.79 bits per heavy atom. The largest absolute Gasteiger partial charge is 0.485 e. The second kappa shape index (κ2) is 7.15. The standard InChI is InChI=1S/C22H27N3O3/c1-24-18-10-6-9-16(18)17(23-24)13-25(15-7-2-3-8-15)22(26)21-14-27-19-11-4-5-12-20(19)28-21/h4-5,11-12,15,21H,2-3,6-10,13-14H2,1H3. The van der Waals surface area contributed by atoms with E-state index in [0.29, 0.717) is 18.0 Å². The summed E-state index contributed by atoms with van der Waals surface area (Å²) in [5.41, 5.74) is 3.75. The lowest BCUT2D eigenvalue weighted by Gasteiger charge is -2.34. The van der Waals surface area contributed by atoms with Crippen molar-refractivity contribution in [3.8, 4) is 11.5 Å². The van der Waals surface area contributed by atoms with E-state index in [1.54, 1.807) is 0 Å². The summed E-state index contributed by atoms with van der Waals surface area (Å²) >= 11 is 0. The molecule has 1 fully saturated rings. The highest BCUT2D eigenvalue weighted by atomic mass is 16.6. The molecule has 0 N–H and O–H groups in total. The van der Waals surface area contributed by atoms with E-state index in [4.69, 9.17) is 14.6 Å². The summed E-state index contributed by atoms with van der Waals surface area (Å²) < 4.78 is 13.8. The van der Waals surface area contributed by atoms with Gasteiger partial charge in [-0.3, -0.25) is 9.48 Å². The zero-order valence-electron chi connectivity index (χ0n) is 16.4. The van der Waals surface area contributed by atoms with Crippen molar-refractivity contribution < 1.29 is 14.3 Å². The molecule has 0 saturated heterocycles. The number of ether oxygens (including phenoxy) is 2. The Kier molecular flexibility index (Phi) is 4.49. The third-order valence-corrected chi connectivity index (χ3v) is 6.35. The van der Waals surface area contributed by atoms with Crippen molar-refractivity contribution in [3.05, 3.63) is 41.2 Å². The number of fused-ring (bicyclic) bond motifs is 2. The smallest absolute Gasteiger partial charge is 0.267 e. The minimum Gasteiger partial charge on any atom is -0.485 e. The molecule has 1 aromatic heterocycles. The van der Waals surface area contributed by atoms with Gasteiger partial charge in [0.25, 0.3) is 5.91 Å². The molecule has 6 nitrogen and oxygen atoms in total. The maximum Gasteiger partial charge on any atom is 0.267 e. The van der Waals surface area contributed by atoms with Gasteiger partial charge in [0.05, 0.1) is 12.2 Å². The van der Waals surface area contributed by atoms with E-state index in [-0.39, 0.29) is 18.6 Å². The van der Waals surface area contributed by atoms with Crippen LogP contribution in [0, 0.1) is 0 Å². The molecular weight excluding hydrogens is 354 g/mol. The number of hydrogen-bond donors (Lipinski definition) is 0. The maximum absolute atomic E-state index is 13.5. The molecule has 0 radical (unpaired) electrons. The van der Waals surface area contributed by atoms with Crippen LogP contribution in [0.2, 0.25) is 0 Å². The Labute approximate surface area is 165 Å². The zero-order valence-corrected chi connectivity index (χ0v) is 16.4. The molecule has 1 aromatic carbocycles. The Hall–Kier alpha value is -2.50. The Morgan fingerprint density at radius 2 is 1.96 bits per heavy atom. The normalized spacial score (nSPS) is 21.0. The highest BCUT2D eigenvalue weighted by Gasteiger charge is 2.36. The number of carbonyl (C=O) groups excluding carboxylic acids is 1. The molecule has 28 heavy (non-hydrogen) atoms. The number of hydrogen-bond acceptors (Lipinski definition) is 4. The van der Waals surface area contributed by atoms with Crippen molar-refractivity contribution >= 4 is 5.91 Å². The van der Waals surface area contributed by atoms with Crippen LogP contribution in [0.5, 0.6) is 11.5 Å². The molecule has 1 amide bonds. The average Bonchev–Trinajstić information content (AvgIpc) is 3.46. The first-order valence-electron chi connectivity index (χ1n) is 10.4. The Bertz CT molecular complexity index is 885. The topological polar surface area (TPSA) is 56.6 Å². The molecule has 3 aliphatic rings. The molecule has 1 aliphatic heterocycles. The average molecular weight is 381 g/mol. The van der Waals surface area contributed by atoms with E-state index in [0.717, 1.165) is 31.4 Å². The number of amides is 1. The van der Waals surface area contributed by atoms with Crippen LogP contribution < -0.4 is 9.47 Å². The van der Waals surface area contributed by atoms with Crippen molar-refractivity contribution in [2.75, 3.05) is 6.61 Å². The van der Waals surface area contributed by atoms with Gasteiger partial charge < -0.3 is 14.4 Å². The van der Waals surface area contributed by atoms with Crippen molar-refractivity contribution in [2.24, 2.45) is 7.05 Å². The van der Waals surface area contributed by atoms with E-state index in [2.05, 4.69) is 0 Å². The summed E-state index contributed by atoms with van der Waals surface area (Å²) in [5.74, 6) is 1.39. The van der Waals surface area contributed by atoms with E-state index < -0.39 is 6.10 Å². The summed E-state index contributed by atoms with van der Waals surface area (Å²) in [4.78, 5) is 15.5. The van der Waals surface area contributed by atoms with Gasteiger partial charge in [0.15, 0.2) is 11.5 Å². The minimum absolute atomic E-state index is 0.0267. The van der Waals surface area contributed by atoms with E-state index >= 15 is 0 Å². The maximum atomic E-state index is 13.5. The van der Waals surface area contributed by atoms with Gasteiger partial charge in [-0.25, -0.2) is 0 Å². The first-order chi connectivity index (χ1) is 13.7. The number of rotatable bonds is 4. The summed E-state index contributed by atoms with van der Waals surface area (Å²) in [6.07, 6.45) is 7.23. The highest BCUT2D eigenvalue weighted by Crippen LogP contribution is 2.33. The molecule has 1 unspecified atom stereocenters. The van der Waals surface area contributed by atoms with Crippen molar-refractivity contribution in [1.29, 1.82) is 0 Å². The lowest BCUT2D eigenvalue weighted by atomic mass is 10.1. The van der Waals surface area contributed by atoms with Crippen LogP contribution in [0.3, 0.4) is 0 Å². The zero-order chi connectivity index (χ0) is 19.1. The van der Waals surface area contributed by atoms with Crippen LogP contribution in [0.15, 0.2) is 24.3 Å². The molecule has 2 aliphatic carbocycles. The van der Waals surface area contributed by atoms with Gasteiger partial charge in [-0.2, -0.15) is 5.10 Å². The summed E-state index contributed by atoms with van der Waals surface area (Å²) in [6.45, 7) is 0.841. The number of benzene rings is 1. The molecule has 5 rings (SSSR count). The van der Waals surface area contributed by atoms with Crippen molar-refractivity contribution in [1.82, 2.24) is 14.7 Å². The molecular formula is C22H27N3O3. The van der Waals surface area contributed by atoms with Crippen LogP contribution in [0.1, 0.15) is 49.1 Å². The second-order valence-electron chi connectivity index (χ2n) is 8.12. The fraction of sp³-hybridized carbons (Fsp3) is 0.545. The van der Waals surface area contributed by atoms with E-state index in [1.807, 2.05) is 40.9 Å². The van der Waals surface area contributed by atoms with Gasteiger partial charge in [0.2, 0.25) is 6.10 Å². The van der Waals surface area contributed by atoms with Crippen LogP contribution in [0.4, 0.5) is 0 Å². The molecule has 2 aromatic rings. The predicted molar refractivity (Wildman–Crippen MR) is 104 cm³/mol. The summed E-state index contributed by atoms with van der Waals surface area (Å²) in [5, 5.41) is 4.76. The van der Waals surface area contributed by atoms with Crippen LogP contribution in [-0.2, 0) is 31.2 Å². The van der Waals surface area contributed by atoms with Crippen LogP contribution in [0.25, 0.3) is 0 Å². The van der Waals surface area contributed by atoms with Gasteiger partial charge in [-0.05, 0) is 49.8 Å². The van der Waals surface area contributed by atoms with E-state index in [9.17, 15) is 4.79 Å². The molecule has 0 bridgehead atoms. The minimum atomic E-state index is -0.590. The number of carbonyl (C=O) groups is 1. The molecule has 1 saturated carbocycles. The quantitative estimate of drug-likeness (QED) is 0.817. The molecule has 148 valence electrons. The second-order valence-corrected chi connectivity index (χ2v) is 8.12. The van der Waals surface area contributed by atoms with Crippen LogP contribution >= 0.6 is 0 Å². The number of aryl methyl sites for hydroxylation is 1. The van der Waals surface area contributed by atoms with Gasteiger partial charge in [-0.15, -0.1) is 0 Å². The third kappa shape index (κ3) is 3.05. The van der Waals surface area contributed by atoms with Gasteiger partial charge in [-0.1, -0.05) is 25.0 Å². The lowest BCUT2D eigenvalue weighted by molar-refractivity contribution is -0.144. The Balaban J connectivity index is 1.40. The molecule has 6 heteroatoms.